The van der Waals surface area contributed by atoms with E-state index in [2.05, 4.69) is 21.4 Å². The minimum Gasteiger partial charge on any atom is -0.382 e. The van der Waals surface area contributed by atoms with Gasteiger partial charge >= 0.3 is 18.5 Å². The van der Waals surface area contributed by atoms with Crippen LogP contribution in [0.1, 0.15) is 53.6 Å². The summed E-state index contributed by atoms with van der Waals surface area (Å²) < 4.78 is 121. The van der Waals surface area contributed by atoms with Crippen molar-refractivity contribution in [1.82, 2.24) is 15.9 Å². The summed E-state index contributed by atoms with van der Waals surface area (Å²) in [5.74, 6) is 0.299. The Hall–Kier alpha value is -3.04. The van der Waals surface area contributed by atoms with E-state index in [0.717, 1.165) is 12.1 Å². The second-order valence-electron chi connectivity index (χ2n) is 9.09. The number of nitrogens with two attached hydrogens (primary N) is 1. The van der Waals surface area contributed by atoms with Crippen LogP contribution in [0, 0.1) is 0 Å². The number of quaternary nitrogens is 1. The molecule has 2 aromatic carbocycles. The number of hydrazine groups is 1. The van der Waals surface area contributed by atoms with Gasteiger partial charge in [-0.15, -0.1) is 5.53 Å². The Bertz CT molecular complexity index is 1160. The first-order chi connectivity index (χ1) is 17.6. The Morgan fingerprint density at radius 2 is 1.50 bits per heavy atom. The molecular weight excluding hydrogens is 531 g/mol. The lowest BCUT2D eigenvalue weighted by Gasteiger charge is -2.40. The molecule has 2 heterocycles. The summed E-state index contributed by atoms with van der Waals surface area (Å²) in [7, 11) is 0. The van der Waals surface area contributed by atoms with Gasteiger partial charge in [0, 0.05) is 24.3 Å². The molecule has 15 heteroatoms. The van der Waals surface area contributed by atoms with Gasteiger partial charge in [0.25, 0.3) is 0 Å². The average Bonchev–Trinajstić information content (AvgIpc) is 3.34. The summed E-state index contributed by atoms with van der Waals surface area (Å²) in [6, 6.07) is 3.51. The van der Waals surface area contributed by atoms with Crippen molar-refractivity contribution < 1.29 is 45.0 Å². The molecule has 0 amide bonds. The van der Waals surface area contributed by atoms with Crippen LogP contribution in [0.2, 0.25) is 0 Å². The molecule has 4 rings (SSSR count). The van der Waals surface area contributed by atoms with Crippen molar-refractivity contribution in [3.63, 3.8) is 0 Å². The number of amidine groups is 1. The van der Waals surface area contributed by atoms with E-state index in [1.54, 1.807) is 0 Å². The van der Waals surface area contributed by atoms with E-state index < -0.39 is 47.8 Å². The number of rotatable bonds is 6. The number of fused-ring (bicyclic) bond motifs is 1. The van der Waals surface area contributed by atoms with E-state index in [1.165, 1.54) is 16.5 Å². The molecule has 0 fully saturated rings. The summed E-state index contributed by atoms with van der Waals surface area (Å²) in [5.41, 5.74) is 3.13. The van der Waals surface area contributed by atoms with E-state index in [9.17, 15) is 39.5 Å². The quantitative estimate of drug-likeness (QED) is 0.306. The maximum atomic E-state index is 13.5. The second kappa shape index (κ2) is 10.3. The number of nitrogens with one attached hydrogen (secondary N) is 3. The Morgan fingerprint density at radius 1 is 0.868 bits per heavy atom. The smallest absolute Gasteiger partial charge is 0.382 e. The first-order valence-electron chi connectivity index (χ1n) is 11.5. The van der Waals surface area contributed by atoms with Crippen LogP contribution in [0.15, 0.2) is 41.5 Å². The molecule has 2 unspecified atom stereocenters. The van der Waals surface area contributed by atoms with Gasteiger partial charge < -0.3 is 5.32 Å². The highest BCUT2D eigenvalue weighted by atomic mass is 19.4. The molecule has 2 atom stereocenters. The fourth-order valence-corrected chi connectivity index (χ4v) is 4.59. The molecular formula is C23H24F9N6+. The molecule has 5 N–H and O–H groups in total. The van der Waals surface area contributed by atoms with Gasteiger partial charge in [-0.05, 0) is 65.5 Å². The second-order valence-corrected chi connectivity index (χ2v) is 9.09. The largest absolute Gasteiger partial charge is 0.416 e. The zero-order valence-corrected chi connectivity index (χ0v) is 19.8. The van der Waals surface area contributed by atoms with Crippen molar-refractivity contribution in [3.8, 4) is 0 Å². The highest BCUT2D eigenvalue weighted by Crippen LogP contribution is 2.42. The molecule has 2 aromatic rings. The molecule has 208 valence electrons. The van der Waals surface area contributed by atoms with Gasteiger partial charge in [-0.1, -0.05) is 12.5 Å². The minimum absolute atomic E-state index is 0.0396. The Morgan fingerprint density at radius 3 is 2.03 bits per heavy atom. The Balaban J connectivity index is 1.80. The lowest BCUT2D eigenvalue weighted by Crippen LogP contribution is -2.87. The lowest BCUT2D eigenvalue weighted by molar-refractivity contribution is -0.713. The highest BCUT2D eigenvalue weighted by molar-refractivity contribution is 5.83. The fraction of sp³-hybridized carbons (Fsp3) is 0.435. The predicted molar refractivity (Wildman–Crippen MR) is 119 cm³/mol. The van der Waals surface area contributed by atoms with Crippen LogP contribution in [0.3, 0.4) is 0 Å². The number of anilines is 1. The predicted octanol–water partition coefficient (Wildman–Crippen LogP) is 4.78. The number of benzene rings is 2. The zero-order valence-electron chi connectivity index (χ0n) is 19.8. The molecule has 0 radical (unpaired) electrons. The summed E-state index contributed by atoms with van der Waals surface area (Å²) in [6.07, 6.45) is -13.9. The molecule has 6 nitrogen and oxygen atoms in total. The Labute approximate surface area is 211 Å². The maximum absolute atomic E-state index is 13.5. The molecule has 0 aromatic heterocycles. The topological polar surface area (TPSA) is 68.3 Å². The summed E-state index contributed by atoms with van der Waals surface area (Å²) >= 11 is 0. The number of hydrogen-bond donors (Lipinski definition) is 4. The van der Waals surface area contributed by atoms with Gasteiger partial charge in [0.15, 0.2) is 5.84 Å². The minimum atomic E-state index is -5.03. The van der Waals surface area contributed by atoms with Crippen molar-refractivity contribution in [1.29, 1.82) is 0 Å². The monoisotopic (exact) mass is 555 g/mol. The molecule has 0 saturated carbocycles. The molecule has 0 bridgehead atoms. The maximum Gasteiger partial charge on any atom is 0.416 e. The van der Waals surface area contributed by atoms with Gasteiger partial charge in [-0.25, -0.2) is 0 Å². The van der Waals surface area contributed by atoms with Gasteiger partial charge in [-0.2, -0.15) is 39.5 Å². The van der Waals surface area contributed by atoms with Gasteiger partial charge in [0.2, 0.25) is 0 Å². The fourth-order valence-electron chi connectivity index (χ4n) is 4.59. The number of halogens is 9. The molecule has 2 aliphatic heterocycles. The normalized spacial score (nSPS) is 20.1. The van der Waals surface area contributed by atoms with E-state index >= 15 is 0 Å². The van der Waals surface area contributed by atoms with Crippen LogP contribution < -0.4 is 21.8 Å². The standard InChI is InChI=1S/C23H23F9N6/c1-2-16-9-19(17-8-13(21(24,25)26)3-4-18(17)33-16)38(11-20-34-36-37-35-20)10-12-5-14(22(27,28)29)7-15(6-12)23(30,31)32/h3-8,16,19,33,36-37H,2,9-11H2,1H3,(H,34,35)/p+1. The molecule has 0 spiro atoms. The first kappa shape index (κ1) is 28.0. The van der Waals surface area contributed by atoms with E-state index in [4.69, 9.17) is 0 Å². The van der Waals surface area contributed by atoms with E-state index in [-0.39, 0.29) is 36.2 Å². The number of alkyl halides is 9. The Kier molecular flexibility index (Phi) is 7.56. The average molecular weight is 555 g/mol. The highest BCUT2D eigenvalue weighted by Gasteiger charge is 2.39. The summed E-state index contributed by atoms with van der Waals surface area (Å²) in [5, 5.41) is 7.22. The van der Waals surface area contributed by atoms with Crippen molar-refractivity contribution >= 4 is 11.5 Å². The first-order valence-corrected chi connectivity index (χ1v) is 11.5. The van der Waals surface area contributed by atoms with Crippen LogP contribution >= 0.6 is 0 Å². The summed E-state index contributed by atoms with van der Waals surface area (Å²) in [6.45, 7) is 1.36. The number of nitrogens with zero attached hydrogens (tertiary/aromatic N) is 2. The summed E-state index contributed by atoms with van der Waals surface area (Å²) in [4.78, 5) is 1.53. The van der Waals surface area contributed by atoms with E-state index in [0.29, 0.717) is 30.1 Å². The van der Waals surface area contributed by atoms with E-state index in [1.807, 2.05) is 6.92 Å². The van der Waals surface area contributed by atoms with Gasteiger partial charge in [0.05, 0.1) is 23.2 Å². The zero-order chi connectivity index (χ0) is 27.9. The van der Waals surface area contributed by atoms with Crippen LogP contribution in [0.25, 0.3) is 0 Å². The molecule has 2 aliphatic rings. The molecule has 38 heavy (non-hydrogen) atoms. The SMILES string of the molecule is CCC1CC(N(CC2=N[NH2+]NN2)Cc2cc(C(F)(F)F)cc(C(F)(F)F)c2)c2cc(C(F)(F)F)ccc2N1. The van der Waals surface area contributed by atoms with Crippen LogP contribution in [-0.4, -0.2) is 23.3 Å². The van der Waals surface area contributed by atoms with Gasteiger partial charge in [-0.3, -0.25) is 10.3 Å². The van der Waals surface area contributed by atoms with Crippen molar-refractivity contribution in [2.45, 2.75) is 56.9 Å². The van der Waals surface area contributed by atoms with Crippen LogP contribution in [0.5, 0.6) is 0 Å². The number of hydrogen-bond acceptors (Lipinski definition) is 5. The molecule has 0 aliphatic carbocycles. The third kappa shape index (κ3) is 6.32. The van der Waals surface area contributed by atoms with Crippen molar-refractivity contribution in [2.24, 2.45) is 5.10 Å². The van der Waals surface area contributed by atoms with Crippen molar-refractivity contribution in [3.05, 3.63) is 64.2 Å². The third-order valence-corrected chi connectivity index (χ3v) is 6.43. The van der Waals surface area contributed by atoms with Crippen LogP contribution in [-0.2, 0) is 25.1 Å². The van der Waals surface area contributed by atoms with Gasteiger partial charge in [0.1, 0.15) is 0 Å². The molecule has 0 saturated heterocycles. The van der Waals surface area contributed by atoms with Crippen LogP contribution in [0.4, 0.5) is 45.2 Å². The third-order valence-electron chi connectivity index (χ3n) is 6.43. The van der Waals surface area contributed by atoms with Crippen molar-refractivity contribution in [2.75, 3.05) is 11.9 Å². The lowest BCUT2D eigenvalue weighted by atomic mass is 9.88.